The Hall–Kier alpha value is -2.20. The van der Waals surface area contributed by atoms with Crippen LogP contribution in [0.15, 0.2) is 48.5 Å². The standard InChI is InChI=1S/C20H23N/c1-4-6-8-18-11-13-19(14-12-18)16(3)21-20-10-7-9-17(5-2)15-20/h2,7,9-16,21H,4,6,8H2,1,3H3. The molecule has 1 nitrogen and oxygen atoms in total. The van der Waals surface area contributed by atoms with Crippen LogP contribution in [0.2, 0.25) is 0 Å². The third-order valence-corrected chi connectivity index (χ3v) is 3.71. The number of benzene rings is 2. The zero-order valence-corrected chi connectivity index (χ0v) is 12.9. The van der Waals surface area contributed by atoms with Gasteiger partial charge in [-0.2, -0.15) is 0 Å². The summed E-state index contributed by atoms with van der Waals surface area (Å²) in [4.78, 5) is 0. The van der Waals surface area contributed by atoms with Crippen LogP contribution in [-0.4, -0.2) is 0 Å². The Morgan fingerprint density at radius 3 is 2.57 bits per heavy atom. The fourth-order valence-electron chi connectivity index (χ4n) is 2.39. The number of aryl methyl sites for hydroxylation is 1. The van der Waals surface area contributed by atoms with E-state index in [1.54, 1.807) is 0 Å². The lowest BCUT2D eigenvalue weighted by molar-refractivity contribution is 0.793. The van der Waals surface area contributed by atoms with Crippen molar-refractivity contribution in [1.82, 2.24) is 0 Å². The Labute approximate surface area is 128 Å². The molecule has 0 bridgehead atoms. The summed E-state index contributed by atoms with van der Waals surface area (Å²) in [5.74, 6) is 2.67. The third kappa shape index (κ3) is 4.39. The molecule has 0 amide bonds. The molecule has 1 N–H and O–H groups in total. The van der Waals surface area contributed by atoms with E-state index in [0.717, 1.165) is 11.3 Å². The summed E-state index contributed by atoms with van der Waals surface area (Å²) < 4.78 is 0. The van der Waals surface area contributed by atoms with Crippen molar-refractivity contribution >= 4 is 5.69 Å². The molecule has 0 aliphatic carbocycles. The van der Waals surface area contributed by atoms with Gasteiger partial charge in [0, 0.05) is 17.3 Å². The minimum Gasteiger partial charge on any atom is -0.378 e. The smallest absolute Gasteiger partial charge is 0.0485 e. The van der Waals surface area contributed by atoms with Crippen LogP contribution in [0.25, 0.3) is 0 Å². The molecule has 1 unspecified atom stereocenters. The van der Waals surface area contributed by atoms with E-state index in [1.165, 1.54) is 30.4 Å². The molecule has 2 aromatic carbocycles. The lowest BCUT2D eigenvalue weighted by atomic mass is 10.0. The third-order valence-electron chi connectivity index (χ3n) is 3.71. The van der Waals surface area contributed by atoms with Gasteiger partial charge < -0.3 is 5.32 Å². The fraction of sp³-hybridized carbons (Fsp3) is 0.300. The van der Waals surface area contributed by atoms with E-state index < -0.39 is 0 Å². The van der Waals surface area contributed by atoms with Crippen LogP contribution in [0.3, 0.4) is 0 Å². The van der Waals surface area contributed by atoms with Crippen molar-refractivity contribution in [2.45, 2.75) is 39.2 Å². The number of rotatable bonds is 6. The molecule has 0 saturated carbocycles. The van der Waals surface area contributed by atoms with Gasteiger partial charge in [-0.1, -0.05) is 49.6 Å². The molecule has 0 spiro atoms. The van der Waals surface area contributed by atoms with E-state index in [0.29, 0.717) is 0 Å². The minimum absolute atomic E-state index is 0.262. The zero-order chi connectivity index (χ0) is 15.1. The molecule has 108 valence electrons. The van der Waals surface area contributed by atoms with Gasteiger partial charge in [0.05, 0.1) is 0 Å². The Morgan fingerprint density at radius 2 is 1.90 bits per heavy atom. The summed E-state index contributed by atoms with van der Waals surface area (Å²) in [5, 5.41) is 3.50. The Kier molecular flexibility index (Phi) is 5.46. The van der Waals surface area contributed by atoms with Crippen LogP contribution in [0.5, 0.6) is 0 Å². The molecular formula is C20H23N. The van der Waals surface area contributed by atoms with Crippen molar-refractivity contribution in [3.63, 3.8) is 0 Å². The first kappa shape index (κ1) is 15.2. The minimum atomic E-state index is 0.262. The van der Waals surface area contributed by atoms with Crippen molar-refractivity contribution in [2.75, 3.05) is 5.32 Å². The van der Waals surface area contributed by atoms with Gasteiger partial charge in [-0.3, -0.25) is 0 Å². The van der Waals surface area contributed by atoms with Gasteiger partial charge in [0.2, 0.25) is 0 Å². The highest BCUT2D eigenvalue weighted by Crippen LogP contribution is 2.20. The maximum Gasteiger partial charge on any atom is 0.0485 e. The van der Waals surface area contributed by atoms with Crippen molar-refractivity contribution in [2.24, 2.45) is 0 Å². The number of hydrogen-bond acceptors (Lipinski definition) is 1. The van der Waals surface area contributed by atoms with E-state index in [9.17, 15) is 0 Å². The maximum absolute atomic E-state index is 5.44. The first-order chi connectivity index (χ1) is 10.2. The van der Waals surface area contributed by atoms with E-state index in [4.69, 9.17) is 6.42 Å². The number of anilines is 1. The van der Waals surface area contributed by atoms with Crippen LogP contribution in [0, 0.1) is 12.3 Å². The predicted octanol–water partition coefficient (Wildman–Crippen LogP) is 5.18. The van der Waals surface area contributed by atoms with Gasteiger partial charge >= 0.3 is 0 Å². The van der Waals surface area contributed by atoms with Crippen molar-refractivity contribution in [3.8, 4) is 12.3 Å². The molecule has 0 saturated heterocycles. The molecule has 2 aromatic rings. The van der Waals surface area contributed by atoms with Crippen LogP contribution >= 0.6 is 0 Å². The summed E-state index contributed by atoms with van der Waals surface area (Å²) in [6, 6.07) is 17.2. The average Bonchev–Trinajstić information content (AvgIpc) is 2.53. The lowest BCUT2D eigenvalue weighted by Crippen LogP contribution is -2.06. The van der Waals surface area contributed by atoms with Crippen molar-refractivity contribution < 1.29 is 0 Å². The number of unbranched alkanes of at least 4 members (excludes halogenated alkanes) is 1. The summed E-state index contributed by atoms with van der Waals surface area (Å²) in [7, 11) is 0. The highest BCUT2D eigenvalue weighted by Gasteiger charge is 2.05. The van der Waals surface area contributed by atoms with Crippen molar-refractivity contribution in [3.05, 3.63) is 65.2 Å². The topological polar surface area (TPSA) is 12.0 Å². The molecule has 0 aromatic heterocycles. The van der Waals surface area contributed by atoms with Gasteiger partial charge in [-0.15, -0.1) is 6.42 Å². The van der Waals surface area contributed by atoms with E-state index >= 15 is 0 Å². The molecule has 1 atom stereocenters. The van der Waals surface area contributed by atoms with E-state index in [-0.39, 0.29) is 6.04 Å². The fourth-order valence-corrected chi connectivity index (χ4v) is 2.39. The largest absolute Gasteiger partial charge is 0.378 e. The number of hydrogen-bond donors (Lipinski definition) is 1. The molecule has 0 fully saturated rings. The van der Waals surface area contributed by atoms with Crippen LogP contribution in [0.1, 0.15) is 49.4 Å². The van der Waals surface area contributed by atoms with Crippen molar-refractivity contribution in [1.29, 1.82) is 0 Å². The molecule has 0 aliphatic heterocycles. The van der Waals surface area contributed by atoms with Crippen LogP contribution in [0.4, 0.5) is 5.69 Å². The first-order valence-electron chi connectivity index (χ1n) is 7.65. The van der Waals surface area contributed by atoms with Gasteiger partial charge in [0.25, 0.3) is 0 Å². The summed E-state index contributed by atoms with van der Waals surface area (Å²) in [6.07, 6.45) is 9.11. The second kappa shape index (κ2) is 7.55. The molecule has 0 radical (unpaired) electrons. The Balaban J connectivity index is 2.02. The quantitative estimate of drug-likeness (QED) is 0.717. The molecule has 2 rings (SSSR count). The van der Waals surface area contributed by atoms with Gasteiger partial charge in [0.15, 0.2) is 0 Å². The summed E-state index contributed by atoms with van der Waals surface area (Å²) >= 11 is 0. The Morgan fingerprint density at radius 1 is 1.14 bits per heavy atom. The highest BCUT2D eigenvalue weighted by atomic mass is 14.9. The highest BCUT2D eigenvalue weighted by molar-refractivity contribution is 5.51. The predicted molar refractivity (Wildman–Crippen MR) is 91.5 cm³/mol. The molecular weight excluding hydrogens is 254 g/mol. The average molecular weight is 277 g/mol. The number of nitrogens with one attached hydrogen (secondary N) is 1. The SMILES string of the molecule is C#Cc1cccc(NC(C)c2ccc(CCCC)cc2)c1. The molecule has 0 heterocycles. The lowest BCUT2D eigenvalue weighted by Gasteiger charge is -2.16. The van der Waals surface area contributed by atoms with Gasteiger partial charge in [-0.25, -0.2) is 0 Å². The van der Waals surface area contributed by atoms with E-state index in [1.807, 2.05) is 24.3 Å². The summed E-state index contributed by atoms with van der Waals surface area (Å²) in [5.41, 5.74) is 4.68. The monoisotopic (exact) mass is 277 g/mol. The van der Waals surface area contributed by atoms with Gasteiger partial charge in [-0.05, 0) is 49.1 Å². The maximum atomic E-state index is 5.44. The number of terminal acetylenes is 1. The normalized spacial score (nSPS) is 11.7. The van der Waals surface area contributed by atoms with E-state index in [2.05, 4.69) is 49.4 Å². The van der Waals surface area contributed by atoms with Gasteiger partial charge in [0.1, 0.15) is 0 Å². The Bertz CT molecular complexity index is 604. The molecule has 1 heteroatoms. The van der Waals surface area contributed by atoms with Crippen LogP contribution in [-0.2, 0) is 6.42 Å². The zero-order valence-electron chi connectivity index (χ0n) is 12.9. The molecule has 21 heavy (non-hydrogen) atoms. The van der Waals surface area contributed by atoms with Crippen LogP contribution < -0.4 is 5.32 Å². The molecule has 0 aliphatic rings. The summed E-state index contributed by atoms with van der Waals surface area (Å²) in [6.45, 7) is 4.40. The second-order valence-electron chi connectivity index (χ2n) is 5.44. The second-order valence-corrected chi connectivity index (χ2v) is 5.44. The first-order valence-corrected chi connectivity index (χ1v) is 7.65.